The van der Waals surface area contributed by atoms with Gasteiger partial charge in [0.25, 0.3) is 11.8 Å². The molecule has 10 heteroatoms. The van der Waals surface area contributed by atoms with Gasteiger partial charge in [0.05, 0.1) is 18.0 Å². The van der Waals surface area contributed by atoms with Crippen LogP contribution in [-0.2, 0) is 22.7 Å². The maximum atomic E-state index is 13.4. The van der Waals surface area contributed by atoms with Crippen molar-refractivity contribution in [3.8, 4) is 6.07 Å². The number of aromatic nitrogens is 2. The molecule has 140 valence electrons. The highest BCUT2D eigenvalue weighted by atomic mass is 35.5. The summed E-state index contributed by atoms with van der Waals surface area (Å²) in [6.45, 7) is 0.0434. The standard InChI is InChI=1S/C17H15ClFN5O3/c18-12-5-11(6-13(19)7-12)8-21-15(25)17(27)1-3-24(16(17)26)14-9-22-23(10-14)4-2-20/h5-7,9-10,27H,1,3-4,8H2,(H,21,25)/t17-/m0/s1. The number of hydrogen-bond acceptors (Lipinski definition) is 5. The Morgan fingerprint density at radius 2 is 2.26 bits per heavy atom. The van der Waals surface area contributed by atoms with Crippen molar-refractivity contribution in [2.75, 3.05) is 11.4 Å². The van der Waals surface area contributed by atoms with Crippen LogP contribution in [0.3, 0.4) is 0 Å². The lowest BCUT2D eigenvalue weighted by molar-refractivity contribution is -0.149. The van der Waals surface area contributed by atoms with Crippen molar-refractivity contribution in [2.24, 2.45) is 0 Å². The van der Waals surface area contributed by atoms with E-state index in [2.05, 4.69) is 10.4 Å². The molecule has 8 nitrogen and oxygen atoms in total. The van der Waals surface area contributed by atoms with Crippen LogP contribution in [-0.4, -0.2) is 38.8 Å². The molecule has 0 saturated carbocycles. The lowest BCUT2D eigenvalue weighted by Gasteiger charge is -2.21. The van der Waals surface area contributed by atoms with Crippen LogP contribution in [0.4, 0.5) is 10.1 Å². The first-order chi connectivity index (χ1) is 12.8. The summed E-state index contributed by atoms with van der Waals surface area (Å²) in [5.41, 5.74) is -1.44. The van der Waals surface area contributed by atoms with E-state index in [4.69, 9.17) is 16.9 Å². The largest absolute Gasteiger partial charge is 0.372 e. The van der Waals surface area contributed by atoms with E-state index in [9.17, 15) is 19.1 Å². The quantitative estimate of drug-likeness (QED) is 0.738. The number of nitrogens with zero attached hydrogens (tertiary/aromatic N) is 4. The molecular formula is C17H15ClFN5O3. The number of carbonyl (C=O) groups excluding carboxylic acids is 2. The summed E-state index contributed by atoms with van der Waals surface area (Å²) in [4.78, 5) is 26.2. The van der Waals surface area contributed by atoms with Gasteiger partial charge >= 0.3 is 0 Å². The molecule has 1 saturated heterocycles. The van der Waals surface area contributed by atoms with Gasteiger partial charge in [0.2, 0.25) is 5.60 Å². The van der Waals surface area contributed by atoms with E-state index in [-0.39, 0.29) is 31.1 Å². The molecule has 1 aromatic heterocycles. The number of hydrogen-bond donors (Lipinski definition) is 2. The molecule has 0 aliphatic carbocycles. The van der Waals surface area contributed by atoms with Gasteiger partial charge in [0, 0.05) is 30.7 Å². The summed E-state index contributed by atoms with van der Waals surface area (Å²) in [7, 11) is 0. The van der Waals surface area contributed by atoms with E-state index < -0.39 is 23.2 Å². The highest BCUT2D eigenvalue weighted by molar-refractivity contribution is 6.30. The fourth-order valence-corrected chi connectivity index (χ4v) is 3.10. The van der Waals surface area contributed by atoms with Crippen molar-refractivity contribution >= 4 is 29.1 Å². The Hall–Kier alpha value is -2.96. The Morgan fingerprint density at radius 1 is 1.48 bits per heavy atom. The third-order valence-corrected chi connectivity index (χ3v) is 4.43. The maximum Gasteiger partial charge on any atom is 0.268 e. The average molecular weight is 392 g/mol. The summed E-state index contributed by atoms with van der Waals surface area (Å²) in [5, 5.41) is 25.8. The Kier molecular flexibility index (Phi) is 5.12. The number of rotatable bonds is 5. The Labute approximate surface area is 158 Å². The molecule has 2 heterocycles. The third-order valence-electron chi connectivity index (χ3n) is 4.21. The first-order valence-electron chi connectivity index (χ1n) is 8.00. The van der Waals surface area contributed by atoms with E-state index in [0.29, 0.717) is 11.3 Å². The smallest absolute Gasteiger partial charge is 0.268 e. The number of nitrogens with one attached hydrogen (secondary N) is 1. The monoisotopic (exact) mass is 391 g/mol. The molecule has 0 radical (unpaired) electrons. The number of amides is 2. The van der Waals surface area contributed by atoms with E-state index in [1.165, 1.54) is 34.1 Å². The van der Waals surface area contributed by atoms with Crippen molar-refractivity contribution in [3.63, 3.8) is 0 Å². The number of aliphatic hydroxyl groups is 1. The molecule has 1 aromatic carbocycles. The number of halogens is 2. The minimum absolute atomic E-state index is 0.0168. The predicted molar refractivity (Wildman–Crippen MR) is 93.0 cm³/mol. The molecule has 0 spiro atoms. The van der Waals surface area contributed by atoms with E-state index in [1.54, 1.807) is 0 Å². The summed E-state index contributed by atoms with van der Waals surface area (Å²) < 4.78 is 14.7. The molecule has 1 atom stereocenters. The van der Waals surface area contributed by atoms with Gasteiger partial charge in [-0.25, -0.2) is 4.39 Å². The topological polar surface area (TPSA) is 111 Å². The zero-order valence-corrected chi connectivity index (χ0v) is 14.8. The van der Waals surface area contributed by atoms with Gasteiger partial charge in [-0.2, -0.15) is 10.4 Å². The van der Waals surface area contributed by atoms with Crippen molar-refractivity contribution in [3.05, 3.63) is 47.0 Å². The summed E-state index contributed by atoms with van der Waals surface area (Å²) >= 11 is 5.76. The minimum Gasteiger partial charge on any atom is -0.372 e. The number of benzene rings is 1. The van der Waals surface area contributed by atoms with E-state index in [1.807, 2.05) is 6.07 Å². The predicted octanol–water partition coefficient (Wildman–Crippen LogP) is 0.983. The van der Waals surface area contributed by atoms with Gasteiger partial charge in [-0.1, -0.05) is 11.6 Å². The molecule has 2 N–H and O–H groups in total. The zero-order valence-electron chi connectivity index (χ0n) is 14.0. The third kappa shape index (κ3) is 3.77. The van der Waals surface area contributed by atoms with Crippen molar-refractivity contribution in [1.82, 2.24) is 15.1 Å². The van der Waals surface area contributed by atoms with E-state index in [0.717, 1.165) is 6.07 Å². The maximum absolute atomic E-state index is 13.4. The van der Waals surface area contributed by atoms with Crippen LogP contribution in [0.5, 0.6) is 0 Å². The van der Waals surface area contributed by atoms with Crippen molar-refractivity contribution < 1.29 is 19.1 Å². The summed E-state index contributed by atoms with van der Waals surface area (Å²) in [5.74, 6) is -2.21. The van der Waals surface area contributed by atoms with Gasteiger partial charge in [0.1, 0.15) is 12.4 Å². The number of nitriles is 1. The molecule has 2 aromatic rings. The molecule has 1 aliphatic heterocycles. The van der Waals surface area contributed by atoms with Crippen LogP contribution in [0.15, 0.2) is 30.6 Å². The molecule has 1 fully saturated rings. The Balaban J connectivity index is 1.69. The second kappa shape index (κ2) is 7.34. The molecule has 1 aliphatic rings. The van der Waals surface area contributed by atoms with Crippen LogP contribution in [0.25, 0.3) is 0 Å². The Bertz CT molecular complexity index is 921. The van der Waals surface area contributed by atoms with Crippen LogP contribution >= 0.6 is 11.6 Å². The summed E-state index contributed by atoms with van der Waals surface area (Å²) in [6.07, 6.45) is 2.76. The van der Waals surface area contributed by atoms with Crippen LogP contribution in [0.1, 0.15) is 12.0 Å². The number of anilines is 1. The van der Waals surface area contributed by atoms with Gasteiger partial charge in [-0.05, 0) is 23.8 Å². The van der Waals surface area contributed by atoms with Crippen LogP contribution in [0.2, 0.25) is 5.02 Å². The van der Waals surface area contributed by atoms with E-state index >= 15 is 0 Å². The summed E-state index contributed by atoms with van der Waals surface area (Å²) in [6, 6.07) is 5.72. The molecule has 0 unspecified atom stereocenters. The van der Waals surface area contributed by atoms with Crippen LogP contribution < -0.4 is 10.2 Å². The van der Waals surface area contributed by atoms with Crippen LogP contribution in [0, 0.1) is 17.1 Å². The second-order valence-corrected chi connectivity index (χ2v) is 6.52. The lowest BCUT2D eigenvalue weighted by Crippen LogP contribution is -2.52. The van der Waals surface area contributed by atoms with Gasteiger partial charge in [-0.15, -0.1) is 0 Å². The van der Waals surface area contributed by atoms with Gasteiger partial charge in [-0.3, -0.25) is 14.3 Å². The fraction of sp³-hybridized carbons (Fsp3) is 0.294. The molecule has 2 amide bonds. The normalized spacial score (nSPS) is 19.2. The van der Waals surface area contributed by atoms with Crippen molar-refractivity contribution in [1.29, 1.82) is 5.26 Å². The lowest BCUT2D eigenvalue weighted by atomic mass is 10.0. The number of carbonyl (C=O) groups is 2. The molecule has 27 heavy (non-hydrogen) atoms. The van der Waals surface area contributed by atoms with Gasteiger partial charge < -0.3 is 15.3 Å². The molecule has 3 rings (SSSR count). The highest BCUT2D eigenvalue weighted by Crippen LogP contribution is 2.28. The highest BCUT2D eigenvalue weighted by Gasteiger charge is 2.51. The Morgan fingerprint density at radius 3 is 2.96 bits per heavy atom. The zero-order chi connectivity index (χ0) is 19.6. The first-order valence-corrected chi connectivity index (χ1v) is 8.38. The molecular weight excluding hydrogens is 377 g/mol. The first kappa shape index (κ1) is 18.8. The second-order valence-electron chi connectivity index (χ2n) is 6.08. The SMILES string of the molecule is N#CCn1cc(N2CC[C@](O)(C(=O)NCc3cc(F)cc(Cl)c3)C2=O)cn1. The minimum atomic E-state index is -2.23. The van der Waals surface area contributed by atoms with Crippen molar-refractivity contribution in [2.45, 2.75) is 25.1 Å². The fourth-order valence-electron chi connectivity index (χ4n) is 2.85. The molecule has 0 bridgehead atoms. The van der Waals surface area contributed by atoms with Gasteiger partial charge in [0.15, 0.2) is 0 Å². The average Bonchev–Trinajstić information content (AvgIpc) is 3.18.